The molecule has 2 rings (SSSR count). The Morgan fingerprint density at radius 3 is 2.32 bits per heavy atom. The SMILES string of the molecule is COc1ccc(/C=C/C(=O)N[C@@H](Cc2ccc(O)cc2)C(=O)O)cc1. The number of hydrogen-bond donors (Lipinski definition) is 3. The summed E-state index contributed by atoms with van der Waals surface area (Å²) in [4.78, 5) is 23.3. The number of carbonyl (C=O) groups is 2. The number of ether oxygens (including phenoxy) is 1. The Labute approximate surface area is 145 Å². The van der Waals surface area contributed by atoms with Gasteiger partial charge in [0.15, 0.2) is 0 Å². The summed E-state index contributed by atoms with van der Waals surface area (Å²) in [7, 11) is 1.57. The molecule has 0 unspecified atom stereocenters. The highest BCUT2D eigenvalue weighted by Crippen LogP contribution is 2.13. The van der Waals surface area contributed by atoms with Crippen LogP contribution in [0.4, 0.5) is 0 Å². The first kappa shape index (κ1) is 18.1. The Morgan fingerprint density at radius 1 is 1.12 bits per heavy atom. The third-order valence-electron chi connectivity index (χ3n) is 3.53. The summed E-state index contributed by atoms with van der Waals surface area (Å²) in [6.45, 7) is 0. The molecule has 2 aromatic carbocycles. The minimum absolute atomic E-state index is 0.0992. The zero-order chi connectivity index (χ0) is 18.2. The van der Waals surface area contributed by atoms with Crippen molar-refractivity contribution in [1.29, 1.82) is 0 Å². The van der Waals surface area contributed by atoms with Gasteiger partial charge in [0, 0.05) is 12.5 Å². The summed E-state index contributed by atoms with van der Waals surface area (Å²) in [5, 5.41) is 21.0. The topological polar surface area (TPSA) is 95.9 Å². The molecule has 2 aromatic rings. The molecule has 0 aromatic heterocycles. The Balaban J connectivity index is 1.98. The van der Waals surface area contributed by atoms with Crippen molar-refractivity contribution in [2.24, 2.45) is 0 Å². The van der Waals surface area contributed by atoms with Gasteiger partial charge in [-0.3, -0.25) is 4.79 Å². The molecule has 25 heavy (non-hydrogen) atoms. The van der Waals surface area contributed by atoms with Crippen molar-refractivity contribution in [3.63, 3.8) is 0 Å². The first-order valence-corrected chi connectivity index (χ1v) is 7.61. The van der Waals surface area contributed by atoms with Crippen LogP contribution in [0.5, 0.6) is 11.5 Å². The van der Waals surface area contributed by atoms with Gasteiger partial charge >= 0.3 is 5.97 Å². The van der Waals surface area contributed by atoms with Crippen molar-refractivity contribution >= 4 is 18.0 Å². The van der Waals surface area contributed by atoms with E-state index in [0.717, 1.165) is 5.56 Å². The molecule has 3 N–H and O–H groups in total. The zero-order valence-corrected chi connectivity index (χ0v) is 13.7. The Hall–Kier alpha value is -3.28. The van der Waals surface area contributed by atoms with Gasteiger partial charge < -0.3 is 20.3 Å². The van der Waals surface area contributed by atoms with Crippen LogP contribution in [0, 0.1) is 0 Å². The molecule has 0 spiro atoms. The van der Waals surface area contributed by atoms with Gasteiger partial charge in [-0.15, -0.1) is 0 Å². The average Bonchev–Trinajstić information content (AvgIpc) is 2.61. The summed E-state index contributed by atoms with van der Waals surface area (Å²) in [5.41, 5.74) is 1.49. The van der Waals surface area contributed by atoms with Crippen LogP contribution in [-0.2, 0) is 16.0 Å². The molecule has 6 heteroatoms. The van der Waals surface area contributed by atoms with E-state index >= 15 is 0 Å². The van der Waals surface area contributed by atoms with Gasteiger partial charge in [0.05, 0.1) is 7.11 Å². The highest BCUT2D eigenvalue weighted by molar-refractivity contribution is 5.94. The van der Waals surface area contributed by atoms with Crippen LogP contribution in [0.1, 0.15) is 11.1 Å². The lowest BCUT2D eigenvalue weighted by Gasteiger charge is -2.13. The van der Waals surface area contributed by atoms with Gasteiger partial charge in [0.25, 0.3) is 0 Å². The number of hydrogen-bond acceptors (Lipinski definition) is 4. The van der Waals surface area contributed by atoms with Gasteiger partial charge in [-0.1, -0.05) is 24.3 Å². The lowest BCUT2D eigenvalue weighted by atomic mass is 10.1. The second kappa shape index (κ2) is 8.54. The minimum Gasteiger partial charge on any atom is -0.508 e. The maximum absolute atomic E-state index is 12.0. The van der Waals surface area contributed by atoms with E-state index in [1.165, 1.54) is 18.2 Å². The van der Waals surface area contributed by atoms with Crippen molar-refractivity contribution in [1.82, 2.24) is 5.32 Å². The number of carbonyl (C=O) groups excluding carboxylic acids is 1. The highest BCUT2D eigenvalue weighted by atomic mass is 16.5. The molecular weight excluding hydrogens is 322 g/mol. The first-order valence-electron chi connectivity index (χ1n) is 7.61. The lowest BCUT2D eigenvalue weighted by molar-refractivity contribution is -0.141. The quantitative estimate of drug-likeness (QED) is 0.671. The van der Waals surface area contributed by atoms with Crippen molar-refractivity contribution in [2.75, 3.05) is 7.11 Å². The van der Waals surface area contributed by atoms with Crippen molar-refractivity contribution in [3.05, 3.63) is 65.7 Å². The van der Waals surface area contributed by atoms with Crippen LogP contribution in [0.3, 0.4) is 0 Å². The van der Waals surface area contributed by atoms with E-state index in [4.69, 9.17) is 4.74 Å². The number of methoxy groups -OCH3 is 1. The van der Waals surface area contributed by atoms with E-state index in [-0.39, 0.29) is 12.2 Å². The number of rotatable bonds is 7. The van der Waals surface area contributed by atoms with E-state index in [0.29, 0.717) is 11.3 Å². The van der Waals surface area contributed by atoms with Gasteiger partial charge in [-0.05, 0) is 41.5 Å². The molecule has 6 nitrogen and oxygen atoms in total. The monoisotopic (exact) mass is 341 g/mol. The van der Waals surface area contributed by atoms with Crippen molar-refractivity contribution < 1.29 is 24.5 Å². The fraction of sp³-hybridized carbons (Fsp3) is 0.158. The zero-order valence-electron chi connectivity index (χ0n) is 13.7. The smallest absolute Gasteiger partial charge is 0.326 e. The number of amides is 1. The number of aliphatic carboxylic acids is 1. The third-order valence-corrected chi connectivity index (χ3v) is 3.53. The number of phenols is 1. The number of carboxylic acids is 1. The normalized spacial score (nSPS) is 11.9. The maximum Gasteiger partial charge on any atom is 0.326 e. The molecule has 130 valence electrons. The second-order valence-electron chi connectivity index (χ2n) is 5.38. The van der Waals surface area contributed by atoms with Crippen LogP contribution in [-0.4, -0.2) is 35.2 Å². The number of carboxylic acid groups (broad SMARTS) is 1. The molecule has 0 heterocycles. The molecule has 0 aliphatic heterocycles. The standard InChI is InChI=1S/C19H19NO5/c1-25-16-9-4-13(5-10-16)6-11-18(22)20-17(19(23)24)12-14-2-7-15(21)8-3-14/h2-11,17,21H,12H2,1H3,(H,20,22)(H,23,24)/b11-6+/t17-/m0/s1. The average molecular weight is 341 g/mol. The predicted molar refractivity (Wildman–Crippen MR) is 93.4 cm³/mol. The van der Waals surface area contributed by atoms with Crippen LogP contribution < -0.4 is 10.1 Å². The lowest BCUT2D eigenvalue weighted by Crippen LogP contribution is -2.41. The summed E-state index contributed by atoms with van der Waals surface area (Å²) in [6, 6.07) is 12.2. The molecule has 0 aliphatic carbocycles. The fourth-order valence-electron chi connectivity index (χ4n) is 2.17. The van der Waals surface area contributed by atoms with Crippen molar-refractivity contribution in [3.8, 4) is 11.5 Å². The first-order chi connectivity index (χ1) is 12.0. The van der Waals surface area contributed by atoms with Crippen LogP contribution in [0.15, 0.2) is 54.6 Å². The van der Waals surface area contributed by atoms with Crippen molar-refractivity contribution in [2.45, 2.75) is 12.5 Å². The molecule has 0 saturated heterocycles. The number of phenolic OH excluding ortho intramolecular Hbond substituents is 1. The van der Waals surface area contributed by atoms with Crippen LogP contribution >= 0.6 is 0 Å². The van der Waals surface area contributed by atoms with Gasteiger partial charge in [0.2, 0.25) is 5.91 Å². The van der Waals surface area contributed by atoms with Gasteiger partial charge in [0.1, 0.15) is 17.5 Å². The van der Waals surface area contributed by atoms with E-state index in [1.807, 2.05) is 0 Å². The fourth-order valence-corrected chi connectivity index (χ4v) is 2.17. The van der Waals surface area contributed by atoms with E-state index in [2.05, 4.69) is 5.32 Å². The summed E-state index contributed by atoms with van der Waals surface area (Å²) in [6.07, 6.45) is 3.00. The molecule has 0 saturated carbocycles. The van der Waals surface area contributed by atoms with E-state index in [9.17, 15) is 19.8 Å². The number of nitrogens with one attached hydrogen (secondary N) is 1. The number of benzene rings is 2. The van der Waals surface area contributed by atoms with E-state index < -0.39 is 17.9 Å². The summed E-state index contributed by atoms with van der Waals surface area (Å²) >= 11 is 0. The third kappa shape index (κ3) is 5.69. The molecule has 0 aliphatic rings. The van der Waals surface area contributed by atoms with Gasteiger partial charge in [-0.25, -0.2) is 4.79 Å². The molecule has 0 fully saturated rings. The molecule has 0 bridgehead atoms. The minimum atomic E-state index is -1.13. The second-order valence-corrected chi connectivity index (χ2v) is 5.38. The van der Waals surface area contributed by atoms with Gasteiger partial charge in [-0.2, -0.15) is 0 Å². The Bertz CT molecular complexity index is 750. The highest BCUT2D eigenvalue weighted by Gasteiger charge is 2.19. The number of aromatic hydroxyl groups is 1. The molecular formula is C19H19NO5. The van der Waals surface area contributed by atoms with Crippen LogP contribution in [0.25, 0.3) is 6.08 Å². The van der Waals surface area contributed by atoms with Crippen LogP contribution in [0.2, 0.25) is 0 Å². The molecule has 1 atom stereocenters. The Kier molecular flexibility index (Phi) is 6.17. The summed E-state index contributed by atoms with van der Waals surface area (Å²) in [5.74, 6) is -0.815. The molecule has 1 amide bonds. The molecule has 0 radical (unpaired) electrons. The Morgan fingerprint density at radius 2 is 1.76 bits per heavy atom. The maximum atomic E-state index is 12.0. The largest absolute Gasteiger partial charge is 0.508 e. The summed E-state index contributed by atoms with van der Waals surface area (Å²) < 4.78 is 5.05. The van der Waals surface area contributed by atoms with E-state index in [1.54, 1.807) is 49.6 Å². The predicted octanol–water partition coefficient (Wildman–Crippen LogP) is 2.23.